The van der Waals surface area contributed by atoms with Crippen molar-refractivity contribution in [2.45, 2.75) is 6.92 Å². The molecule has 6 heteroatoms. The zero-order valence-electron chi connectivity index (χ0n) is 13.9. The molecule has 0 aliphatic carbocycles. The Morgan fingerprint density at radius 3 is 2.40 bits per heavy atom. The molecular weight excluding hydrogens is 336 g/mol. The Labute approximate surface area is 151 Å². The first-order chi connectivity index (χ1) is 12.0. The third-order valence-electron chi connectivity index (χ3n) is 3.78. The number of aromatic nitrogens is 2. The normalized spacial score (nSPS) is 10.4. The van der Waals surface area contributed by atoms with Gasteiger partial charge in [0.1, 0.15) is 0 Å². The first-order valence-electron chi connectivity index (χ1n) is 7.73. The molecule has 3 aromatic rings. The fraction of sp³-hybridized carbons (Fsp3) is 0.105. The van der Waals surface area contributed by atoms with Crippen LogP contribution in [0.1, 0.15) is 15.9 Å². The smallest absolute Gasteiger partial charge is 0.261 e. The maximum Gasteiger partial charge on any atom is 0.261 e. The van der Waals surface area contributed by atoms with Gasteiger partial charge < -0.3 is 10.2 Å². The number of hydrogen-bond acceptors (Lipinski definition) is 4. The average molecular weight is 353 g/mol. The summed E-state index contributed by atoms with van der Waals surface area (Å²) in [5.41, 5.74) is 3.08. The van der Waals surface area contributed by atoms with Crippen LogP contribution in [0, 0.1) is 6.92 Å². The van der Waals surface area contributed by atoms with Crippen LogP contribution in [-0.4, -0.2) is 22.9 Å². The Morgan fingerprint density at radius 2 is 1.76 bits per heavy atom. The van der Waals surface area contributed by atoms with Crippen molar-refractivity contribution in [3.05, 3.63) is 77.1 Å². The van der Waals surface area contributed by atoms with Crippen molar-refractivity contribution < 1.29 is 4.79 Å². The number of nitrogens with one attached hydrogen (secondary N) is 1. The summed E-state index contributed by atoms with van der Waals surface area (Å²) in [4.78, 5) is 22.5. The van der Waals surface area contributed by atoms with Crippen LogP contribution in [0.2, 0.25) is 5.02 Å². The molecule has 0 aliphatic rings. The van der Waals surface area contributed by atoms with Crippen molar-refractivity contribution in [2.75, 3.05) is 17.3 Å². The minimum Gasteiger partial charge on any atom is -0.324 e. The number of benzene rings is 2. The number of hydrogen-bond donors (Lipinski definition) is 1. The SMILES string of the molecule is Cc1cc(Cl)ccc1Nc1ncc(C(=O)N(C)c2ccccc2)cn1. The van der Waals surface area contributed by atoms with Crippen LogP contribution in [0.3, 0.4) is 0 Å². The first kappa shape index (κ1) is 16.9. The Hall–Kier alpha value is -2.92. The molecule has 0 aliphatic heterocycles. The van der Waals surface area contributed by atoms with Gasteiger partial charge >= 0.3 is 0 Å². The highest BCUT2D eigenvalue weighted by Gasteiger charge is 2.14. The van der Waals surface area contributed by atoms with E-state index in [1.807, 2.05) is 49.4 Å². The van der Waals surface area contributed by atoms with Crippen molar-refractivity contribution in [1.82, 2.24) is 9.97 Å². The largest absolute Gasteiger partial charge is 0.324 e. The molecule has 1 aromatic heterocycles. The number of rotatable bonds is 4. The average Bonchev–Trinajstić information content (AvgIpc) is 2.64. The van der Waals surface area contributed by atoms with Gasteiger partial charge in [-0.25, -0.2) is 9.97 Å². The van der Waals surface area contributed by atoms with E-state index < -0.39 is 0 Å². The molecule has 0 saturated carbocycles. The minimum absolute atomic E-state index is 0.166. The molecule has 0 atom stereocenters. The summed E-state index contributed by atoms with van der Waals surface area (Å²) in [6.07, 6.45) is 3.03. The van der Waals surface area contributed by atoms with Gasteiger partial charge in [0.2, 0.25) is 5.95 Å². The molecule has 3 rings (SSSR count). The van der Waals surface area contributed by atoms with E-state index in [2.05, 4.69) is 15.3 Å². The van der Waals surface area contributed by atoms with Gasteiger partial charge in [-0.1, -0.05) is 29.8 Å². The molecule has 0 radical (unpaired) electrons. The van der Waals surface area contributed by atoms with Gasteiger partial charge in [-0.2, -0.15) is 0 Å². The predicted molar refractivity (Wildman–Crippen MR) is 101 cm³/mol. The second-order valence-electron chi connectivity index (χ2n) is 5.58. The number of nitrogens with zero attached hydrogens (tertiary/aromatic N) is 3. The second kappa shape index (κ2) is 7.32. The molecule has 1 amide bonds. The van der Waals surface area contributed by atoms with Crippen LogP contribution < -0.4 is 10.2 Å². The van der Waals surface area contributed by atoms with Crippen LogP contribution in [-0.2, 0) is 0 Å². The second-order valence-corrected chi connectivity index (χ2v) is 6.02. The number of carbonyl (C=O) groups is 1. The lowest BCUT2D eigenvalue weighted by atomic mass is 10.2. The molecule has 0 fully saturated rings. The quantitative estimate of drug-likeness (QED) is 0.753. The van der Waals surface area contributed by atoms with Crippen molar-refractivity contribution >= 4 is 34.8 Å². The van der Waals surface area contributed by atoms with Crippen molar-refractivity contribution in [3.63, 3.8) is 0 Å². The molecule has 0 spiro atoms. The molecule has 0 bridgehead atoms. The Bertz CT molecular complexity index is 882. The summed E-state index contributed by atoms with van der Waals surface area (Å²) in [6, 6.07) is 14.9. The van der Waals surface area contributed by atoms with Gasteiger partial charge in [0.05, 0.1) is 5.56 Å². The number of halogens is 1. The zero-order valence-corrected chi connectivity index (χ0v) is 14.7. The van der Waals surface area contributed by atoms with Crippen LogP contribution in [0.15, 0.2) is 60.9 Å². The Morgan fingerprint density at radius 1 is 1.08 bits per heavy atom. The van der Waals surface area contributed by atoms with Gasteiger partial charge in [-0.3, -0.25) is 4.79 Å². The molecule has 0 unspecified atom stereocenters. The van der Waals surface area contributed by atoms with Gasteiger partial charge in [-0.15, -0.1) is 0 Å². The van der Waals surface area contributed by atoms with Crippen LogP contribution in [0.5, 0.6) is 0 Å². The van der Waals surface area contributed by atoms with Crippen LogP contribution in [0.25, 0.3) is 0 Å². The molecule has 25 heavy (non-hydrogen) atoms. The van der Waals surface area contributed by atoms with Crippen molar-refractivity contribution in [1.29, 1.82) is 0 Å². The van der Waals surface area contributed by atoms with E-state index >= 15 is 0 Å². The summed E-state index contributed by atoms with van der Waals surface area (Å²) in [7, 11) is 1.72. The van der Waals surface area contributed by atoms with E-state index in [0.29, 0.717) is 16.5 Å². The van der Waals surface area contributed by atoms with Crippen LogP contribution in [0.4, 0.5) is 17.3 Å². The standard InChI is InChI=1S/C19H17ClN4O/c1-13-10-15(20)8-9-17(13)23-19-21-11-14(12-22-19)18(25)24(2)16-6-4-3-5-7-16/h3-12H,1-2H3,(H,21,22,23). The van der Waals surface area contributed by atoms with Gasteiger partial charge in [0, 0.05) is 35.8 Å². The summed E-state index contributed by atoms with van der Waals surface area (Å²) in [5, 5.41) is 3.80. The van der Waals surface area contributed by atoms with E-state index in [0.717, 1.165) is 16.9 Å². The van der Waals surface area contributed by atoms with E-state index in [9.17, 15) is 4.79 Å². The summed E-state index contributed by atoms with van der Waals surface area (Å²) < 4.78 is 0. The maximum atomic E-state index is 12.5. The third-order valence-corrected chi connectivity index (χ3v) is 4.02. The highest BCUT2D eigenvalue weighted by Crippen LogP contribution is 2.22. The molecule has 1 heterocycles. The molecule has 5 nitrogen and oxygen atoms in total. The van der Waals surface area contributed by atoms with E-state index in [4.69, 9.17) is 11.6 Å². The third kappa shape index (κ3) is 3.95. The van der Waals surface area contributed by atoms with Crippen molar-refractivity contribution in [3.8, 4) is 0 Å². The topological polar surface area (TPSA) is 58.1 Å². The number of aryl methyl sites for hydroxylation is 1. The first-order valence-corrected chi connectivity index (χ1v) is 8.11. The van der Waals surface area contributed by atoms with Gasteiger partial charge in [0.25, 0.3) is 5.91 Å². The molecule has 2 aromatic carbocycles. The number of amides is 1. The molecular formula is C19H17ClN4O. The molecule has 126 valence electrons. The number of anilines is 3. The lowest BCUT2D eigenvalue weighted by Gasteiger charge is -2.17. The van der Waals surface area contributed by atoms with Gasteiger partial charge in [0.15, 0.2) is 0 Å². The maximum absolute atomic E-state index is 12.5. The van der Waals surface area contributed by atoms with E-state index in [1.54, 1.807) is 18.0 Å². The van der Waals surface area contributed by atoms with E-state index in [1.165, 1.54) is 12.4 Å². The minimum atomic E-state index is -0.166. The van der Waals surface area contributed by atoms with Crippen molar-refractivity contribution in [2.24, 2.45) is 0 Å². The number of carbonyl (C=O) groups excluding carboxylic acids is 1. The summed E-state index contributed by atoms with van der Waals surface area (Å²) in [5.74, 6) is 0.254. The zero-order chi connectivity index (χ0) is 17.8. The lowest BCUT2D eigenvalue weighted by molar-refractivity contribution is 0.0992. The predicted octanol–water partition coefficient (Wildman–Crippen LogP) is 4.46. The van der Waals surface area contributed by atoms with Gasteiger partial charge in [-0.05, 0) is 42.8 Å². The summed E-state index contributed by atoms with van der Waals surface area (Å²) >= 11 is 5.95. The number of para-hydroxylation sites is 1. The highest BCUT2D eigenvalue weighted by molar-refractivity contribution is 6.30. The van der Waals surface area contributed by atoms with Crippen LogP contribution >= 0.6 is 11.6 Å². The fourth-order valence-electron chi connectivity index (χ4n) is 2.35. The Kier molecular flexibility index (Phi) is 4.95. The summed E-state index contributed by atoms with van der Waals surface area (Å²) in [6.45, 7) is 1.95. The highest BCUT2D eigenvalue weighted by atomic mass is 35.5. The lowest BCUT2D eigenvalue weighted by Crippen LogP contribution is -2.26. The molecule has 0 saturated heterocycles. The van der Waals surface area contributed by atoms with E-state index in [-0.39, 0.29) is 5.91 Å². The monoisotopic (exact) mass is 352 g/mol. The fourth-order valence-corrected chi connectivity index (χ4v) is 2.58. The molecule has 1 N–H and O–H groups in total. The Balaban J connectivity index is 1.74.